The van der Waals surface area contributed by atoms with Crippen molar-refractivity contribution in [2.75, 3.05) is 19.7 Å². The summed E-state index contributed by atoms with van der Waals surface area (Å²) < 4.78 is 10.8. The van der Waals surface area contributed by atoms with Crippen molar-refractivity contribution in [1.82, 2.24) is 19.0 Å². The van der Waals surface area contributed by atoms with E-state index < -0.39 is 8.07 Å². The second-order valence-electron chi connectivity index (χ2n) is 11.6. The number of rotatable bonds is 8. The molecule has 0 unspecified atom stereocenters. The van der Waals surface area contributed by atoms with Crippen molar-refractivity contribution in [2.45, 2.75) is 65.3 Å². The van der Waals surface area contributed by atoms with E-state index in [1.54, 1.807) is 0 Å². The molecule has 5 rings (SSSR count). The maximum absolute atomic E-state index is 6.06. The summed E-state index contributed by atoms with van der Waals surface area (Å²) in [6.45, 7) is 16.5. The number of ether oxygens (including phenoxy) is 1. The first-order valence-electron chi connectivity index (χ1n) is 13.1. The minimum atomic E-state index is -1.09. The number of pyridine rings is 1. The van der Waals surface area contributed by atoms with Gasteiger partial charge in [-0.25, -0.2) is 4.98 Å². The van der Waals surface area contributed by atoms with Crippen LogP contribution < -0.4 is 0 Å². The zero-order chi connectivity index (χ0) is 24.6. The zero-order valence-corrected chi connectivity index (χ0v) is 23.0. The van der Waals surface area contributed by atoms with Crippen LogP contribution in [0.4, 0.5) is 0 Å². The molecule has 2 atom stereocenters. The van der Waals surface area contributed by atoms with E-state index in [4.69, 9.17) is 9.72 Å². The molecule has 1 aliphatic heterocycles. The van der Waals surface area contributed by atoms with E-state index in [0.29, 0.717) is 18.7 Å². The van der Waals surface area contributed by atoms with Crippen LogP contribution in [0, 0.1) is 12.8 Å². The highest BCUT2D eigenvalue weighted by molar-refractivity contribution is 6.76. The molecule has 3 aromatic heterocycles. The Morgan fingerprint density at radius 3 is 2.69 bits per heavy atom. The van der Waals surface area contributed by atoms with E-state index in [1.165, 1.54) is 40.0 Å². The Hall–Kier alpha value is -2.41. The van der Waals surface area contributed by atoms with E-state index in [-0.39, 0.29) is 0 Å². The van der Waals surface area contributed by atoms with E-state index in [0.717, 1.165) is 31.9 Å². The molecule has 35 heavy (non-hydrogen) atoms. The van der Waals surface area contributed by atoms with Gasteiger partial charge in [0.25, 0.3) is 0 Å². The number of benzene rings is 1. The Kier molecular flexibility index (Phi) is 6.88. The summed E-state index contributed by atoms with van der Waals surface area (Å²) in [6.07, 6.45) is 5.41. The molecule has 6 heteroatoms. The van der Waals surface area contributed by atoms with Crippen molar-refractivity contribution in [3.8, 4) is 0 Å². The molecule has 4 aromatic rings. The van der Waals surface area contributed by atoms with Gasteiger partial charge in [-0.3, -0.25) is 4.90 Å². The number of aromatic nitrogens is 3. The number of likely N-dealkylation sites (tertiary alicyclic amines) is 1. The summed E-state index contributed by atoms with van der Waals surface area (Å²) in [7, 11) is -1.09. The molecule has 187 valence electrons. The van der Waals surface area contributed by atoms with Gasteiger partial charge in [0.1, 0.15) is 12.4 Å². The smallest absolute Gasteiger partial charge is 0.143 e. The molecule has 1 fully saturated rings. The Balaban J connectivity index is 1.43. The number of nitrogens with zero attached hydrogens (tertiary/aromatic N) is 4. The lowest BCUT2D eigenvalue weighted by Crippen LogP contribution is -2.40. The first-order valence-corrected chi connectivity index (χ1v) is 16.8. The van der Waals surface area contributed by atoms with Gasteiger partial charge in [0.15, 0.2) is 0 Å². The lowest BCUT2D eigenvalue weighted by atomic mass is 9.92. The van der Waals surface area contributed by atoms with Gasteiger partial charge in [0.2, 0.25) is 0 Å². The van der Waals surface area contributed by atoms with Crippen molar-refractivity contribution >= 4 is 30.0 Å². The summed E-state index contributed by atoms with van der Waals surface area (Å²) in [5, 5.41) is 2.47. The molecule has 1 saturated heterocycles. The van der Waals surface area contributed by atoms with Gasteiger partial charge in [-0.1, -0.05) is 37.3 Å². The molecule has 0 spiro atoms. The molecule has 0 N–H and O–H groups in total. The van der Waals surface area contributed by atoms with Gasteiger partial charge in [0, 0.05) is 54.6 Å². The van der Waals surface area contributed by atoms with Gasteiger partial charge >= 0.3 is 0 Å². The van der Waals surface area contributed by atoms with Crippen molar-refractivity contribution in [3.63, 3.8) is 0 Å². The van der Waals surface area contributed by atoms with Crippen LogP contribution in [0.25, 0.3) is 21.9 Å². The van der Waals surface area contributed by atoms with E-state index in [9.17, 15) is 0 Å². The summed E-state index contributed by atoms with van der Waals surface area (Å²) >= 11 is 0. The van der Waals surface area contributed by atoms with E-state index >= 15 is 0 Å². The third kappa shape index (κ3) is 5.25. The first kappa shape index (κ1) is 24.3. The van der Waals surface area contributed by atoms with Crippen LogP contribution in [-0.4, -0.2) is 46.8 Å². The van der Waals surface area contributed by atoms with Crippen LogP contribution >= 0.6 is 0 Å². The van der Waals surface area contributed by atoms with Crippen molar-refractivity contribution in [1.29, 1.82) is 0 Å². The maximum Gasteiger partial charge on any atom is 0.143 e. The van der Waals surface area contributed by atoms with Gasteiger partial charge in [0.05, 0.1) is 5.52 Å². The highest BCUT2D eigenvalue weighted by atomic mass is 28.3. The molecule has 4 heterocycles. The number of hydrogen-bond acceptors (Lipinski definition) is 3. The fraction of sp³-hybridized carbons (Fsp3) is 0.483. The molecule has 0 bridgehead atoms. The van der Waals surface area contributed by atoms with Crippen LogP contribution in [0.3, 0.4) is 0 Å². The summed E-state index contributed by atoms with van der Waals surface area (Å²) in [5.41, 5.74) is 5.07. The summed E-state index contributed by atoms with van der Waals surface area (Å²) in [5.74, 6) is 0.631. The van der Waals surface area contributed by atoms with Crippen LogP contribution in [0.15, 0.2) is 54.9 Å². The third-order valence-electron chi connectivity index (χ3n) is 7.58. The van der Waals surface area contributed by atoms with E-state index in [2.05, 4.69) is 102 Å². The van der Waals surface area contributed by atoms with E-state index in [1.807, 2.05) is 0 Å². The number of hydrogen-bond donors (Lipinski definition) is 0. The normalized spacial score (nSPS) is 19.7. The summed E-state index contributed by atoms with van der Waals surface area (Å²) in [6, 6.07) is 17.1. The molecule has 1 aromatic carbocycles. The second-order valence-corrected chi connectivity index (χ2v) is 17.3. The molecular weight excluding hydrogens is 448 g/mol. The minimum absolute atomic E-state index is 0.451. The second kappa shape index (κ2) is 9.92. The Morgan fingerprint density at radius 2 is 1.91 bits per heavy atom. The first-order chi connectivity index (χ1) is 16.8. The van der Waals surface area contributed by atoms with Crippen molar-refractivity contribution in [3.05, 3.63) is 66.1 Å². The highest BCUT2D eigenvalue weighted by Gasteiger charge is 2.30. The molecule has 0 amide bonds. The standard InChI is InChI=1S/C29H40N4OSi/c1-22-11-13-31(19-24-9-7-6-8-10-24)20-27(22)33-23(2)17-25-18-30-29-26(28(25)33)12-14-32(29)21-34-15-16-35(3,4)5/h6-10,12,14,17-18,22,27H,11,13,15-16,19-21H2,1-5H3/q-1/t22-,27+/m1/s1. The lowest BCUT2D eigenvalue weighted by molar-refractivity contribution is 0.0899. The van der Waals surface area contributed by atoms with Gasteiger partial charge in [-0.15, -0.1) is 14.1 Å². The number of fused-ring (bicyclic) bond motifs is 3. The minimum Gasteiger partial charge on any atom is -0.364 e. The predicted molar refractivity (Wildman–Crippen MR) is 149 cm³/mol. The fourth-order valence-electron chi connectivity index (χ4n) is 5.49. The SMILES string of the molecule is Cc1cc2cnc3c(ccn3COCC[Si-](C)(C)C)c2n1[C@H]1CN(Cc2ccccc2)CC[C@H]1C. The zero-order valence-electron chi connectivity index (χ0n) is 22.0. The van der Waals surface area contributed by atoms with Crippen LogP contribution in [0.1, 0.15) is 30.6 Å². The number of aryl methyl sites for hydroxylation is 1. The lowest BCUT2D eigenvalue weighted by Gasteiger charge is -2.39. The Bertz CT molecular complexity index is 1290. The Morgan fingerprint density at radius 1 is 1.11 bits per heavy atom. The molecule has 0 radical (unpaired) electrons. The van der Waals surface area contributed by atoms with Gasteiger partial charge < -0.3 is 13.9 Å². The third-order valence-corrected chi connectivity index (χ3v) is 9.29. The van der Waals surface area contributed by atoms with Gasteiger partial charge in [-0.2, -0.15) is 19.6 Å². The quantitative estimate of drug-likeness (QED) is 0.205. The molecule has 0 saturated carbocycles. The molecule has 1 aliphatic rings. The van der Waals surface area contributed by atoms with Crippen molar-refractivity contribution < 1.29 is 4.74 Å². The topological polar surface area (TPSA) is 35.2 Å². The monoisotopic (exact) mass is 488 g/mol. The largest absolute Gasteiger partial charge is 0.364 e. The highest BCUT2D eigenvalue weighted by Crippen LogP contribution is 2.36. The van der Waals surface area contributed by atoms with Crippen LogP contribution in [-0.2, 0) is 18.0 Å². The molecule has 0 aliphatic carbocycles. The average molecular weight is 489 g/mol. The van der Waals surface area contributed by atoms with Gasteiger partial charge in [-0.05, 0) is 43.5 Å². The average Bonchev–Trinajstić information content (AvgIpc) is 3.38. The van der Waals surface area contributed by atoms with Crippen LogP contribution in [0.2, 0.25) is 25.7 Å². The van der Waals surface area contributed by atoms with Crippen molar-refractivity contribution in [2.24, 2.45) is 5.92 Å². The fourth-order valence-corrected chi connectivity index (χ4v) is 6.25. The maximum atomic E-state index is 6.06. The molecular formula is C29H40N4OSi-. The summed E-state index contributed by atoms with van der Waals surface area (Å²) in [4.78, 5) is 7.48. The van der Waals surface area contributed by atoms with Crippen LogP contribution in [0.5, 0.6) is 0 Å². The molecule has 5 nitrogen and oxygen atoms in total. The predicted octanol–water partition coefficient (Wildman–Crippen LogP) is 6.69. The Labute approximate surface area is 210 Å². The number of piperidine rings is 1.